The first kappa shape index (κ1) is 14.3. The molecule has 0 spiro atoms. The molecule has 0 aliphatic carbocycles. The van der Waals surface area contributed by atoms with Gasteiger partial charge in [-0.1, -0.05) is 12.1 Å². The van der Waals surface area contributed by atoms with E-state index in [0.29, 0.717) is 22.8 Å². The first-order valence-corrected chi connectivity index (χ1v) is 6.32. The number of benzene rings is 2. The number of ether oxygens (including phenoxy) is 2. The zero-order chi connectivity index (χ0) is 14.7. The largest absolute Gasteiger partial charge is 0.496 e. The van der Waals surface area contributed by atoms with Crippen LogP contribution in [0.4, 0.5) is 4.39 Å². The smallest absolute Gasteiger partial charge is 0.136 e. The number of hydrogen-bond acceptors (Lipinski definition) is 3. The van der Waals surface area contributed by atoms with Crippen LogP contribution in [-0.2, 0) is 0 Å². The lowest BCUT2D eigenvalue weighted by Crippen LogP contribution is -2.00. The molecule has 2 rings (SSSR count). The van der Waals surface area contributed by atoms with E-state index >= 15 is 0 Å². The van der Waals surface area contributed by atoms with Gasteiger partial charge in [0.15, 0.2) is 0 Å². The van der Waals surface area contributed by atoms with Crippen LogP contribution in [0.3, 0.4) is 0 Å². The van der Waals surface area contributed by atoms with Crippen molar-refractivity contribution in [3.05, 3.63) is 53.3 Å². The van der Waals surface area contributed by atoms with Crippen molar-refractivity contribution in [1.82, 2.24) is 0 Å². The van der Waals surface area contributed by atoms with Gasteiger partial charge >= 0.3 is 0 Å². The Morgan fingerprint density at radius 3 is 2.45 bits per heavy atom. The second-order valence-corrected chi connectivity index (χ2v) is 4.56. The number of aryl methyl sites for hydroxylation is 1. The Hall–Kier alpha value is -2.07. The molecule has 0 saturated heterocycles. The number of hydrogen-bond donors (Lipinski definition) is 1. The predicted molar refractivity (Wildman–Crippen MR) is 74.8 cm³/mol. The average molecular weight is 276 g/mol. The normalized spacial score (nSPS) is 12.1. The van der Waals surface area contributed by atoms with Crippen molar-refractivity contribution in [2.75, 3.05) is 7.11 Å². The standard InChI is InChI=1S/C16H17FO3/c1-10-7-8-12(17)9-15(10)20-14-6-4-5-13(19-3)16(14)11(2)18/h4-9,11,18H,1-3H3. The molecule has 0 saturated carbocycles. The summed E-state index contributed by atoms with van der Waals surface area (Å²) in [7, 11) is 1.53. The molecule has 106 valence electrons. The molecule has 0 radical (unpaired) electrons. The Labute approximate surface area is 117 Å². The lowest BCUT2D eigenvalue weighted by atomic mass is 10.1. The minimum atomic E-state index is -0.755. The van der Waals surface area contributed by atoms with E-state index in [1.165, 1.54) is 19.2 Å². The van der Waals surface area contributed by atoms with Crippen LogP contribution in [0.2, 0.25) is 0 Å². The van der Waals surface area contributed by atoms with Crippen LogP contribution in [0.1, 0.15) is 24.2 Å². The van der Waals surface area contributed by atoms with Gasteiger partial charge in [0, 0.05) is 6.07 Å². The Morgan fingerprint density at radius 1 is 1.10 bits per heavy atom. The molecule has 0 aromatic heterocycles. The molecule has 0 bridgehead atoms. The van der Waals surface area contributed by atoms with Gasteiger partial charge in [-0.15, -0.1) is 0 Å². The Balaban J connectivity index is 2.45. The molecule has 0 heterocycles. The summed E-state index contributed by atoms with van der Waals surface area (Å²) >= 11 is 0. The quantitative estimate of drug-likeness (QED) is 0.917. The summed E-state index contributed by atoms with van der Waals surface area (Å²) in [4.78, 5) is 0. The topological polar surface area (TPSA) is 38.7 Å². The second-order valence-electron chi connectivity index (χ2n) is 4.56. The van der Waals surface area contributed by atoms with Crippen molar-refractivity contribution in [2.24, 2.45) is 0 Å². The Kier molecular flexibility index (Phi) is 4.25. The molecular formula is C16H17FO3. The molecule has 0 fully saturated rings. The number of halogens is 1. The third-order valence-corrected chi connectivity index (χ3v) is 3.03. The third kappa shape index (κ3) is 2.91. The van der Waals surface area contributed by atoms with Crippen molar-refractivity contribution in [3.63, 3.8) is 0 Å². The highest BCUT2D eigenvalue weighted by molar-refractivity contribution is 5.48. The molecular weight excluding hydrogens is 259 g/mol. The van der Waals surface area contributed by atoms with Gasteiger partial charge in [-0.3, -0.25) is 0 Å². The molecule has 1 atom stereocenters. The number of rotatable bonds is 4. The van der Waals surface area contributed by atoms with Crippen molar-refractivity contribution in [1.29, 1.82) is 0 Å². The average Bonchev–Trinajstić information content (AvgIpc) is 2.42. The summed E-state index contributed by atoms with van der Waals surface area (Å²) in [5.41, 5.74) is 1.35. The molecule has 20 heavy (non-hydrogen) atoms. The highest BCUT2D eigenvalue weighted by Crippen LogP contribution is 2.37. The third-order valence-electron chi connectivity index (χ3n) is 3.03. The van der Waals surface area contributed by atoms with Gasteiger partial charge in [0.1, 0.15) is 23.1 Å². The molecule has 2 aromatic rings. The van der Waals surface area contributed by atoms with E-state index in [4.69, 9.17) is 9.47 Å². The minimum Gasteiger partial charge on any atom is -0.496 e. The van der Waals surface area contributed by atoms with E-state index in [1.807, 2.05) is 6.92 Å². The van der Waals surface area contributed by atoms with Crippen molar-refractivity contribution in [2.45, 2.75) is 20.0 Å². The molecule has 0 amide bonds. The summed E-state index contributed by atoms with van der Waals surface area (Å²) in [5, 5.41) is 9.88. The number of methoxy groups -OCH3 is 1. The van der Waals surface area contributed by atoms with Crippen LogP contribution < -0.4 is 9.47 Å². The van der Waals surface area contributed by atoms with Crippen molar-refractivity contribution < 1.29 is 19.0 Å². The van der Waals surface area contributed by atoms with Crippen LogP contribution in [0.5, 0.6) is 17.2 Å². The van der Waals surface area contributed by atoms with Gasteiger partial charge in [-0.05, 0) is 37.6 Å². The summed E-state index contributed by atoms with van der Waals surface area (Å²) in [5.74, 6) is 1.03. The number of aliphatic hydroxyl groups is 1. The van der Waals surface area contributed by atoms with E-state index in [9.17, 15) is 9.50 Å². The van der Waals surface area contributed by atoms with Crippen LogP contribution in [0.15, 0.2) is 36.4 Å². The predicted octanol–water partition coefficient (Wildman–Crippen LogP) is 3.99. The van der Waals surface area contributed by atoms with E-state index in [-0.39, 0.29) is 5.82 Å². The van der Waals surface area contributed by atoms with Gasteiger partial charge in [0.25, 0.3) is 0 Å². The van der Waals surface area contributed by atoms with Gasteiger partial charge in [0.05, 0.1) is 18.8 Å². The van der Waals surface area contributed by atoms with E-state index in [1.54, 1.807) is 31.2 Å². The molecule has 0 aliphatic rings. The first-order valence-electron chi connectivity index (χ1n) is 6.32. The van der Waals surface area contributed by atoms with Crippen molar-refractivity contribution >= 4 is 0 Å². The van der Waals surface area contributed by atoms with Gasteiger partial charge < -0.3 is 14.6 Å². The van der Waals surface area contributed by atoms with Crippen LogP contribution in [-0.4, -0.2) is 12.2 Å². The van der Waals surface area contributed by atoms with E-state index < -0.39 is 6.10 Å². The SMILES string of the molecule is COc1cccc(Oc2cc(F)ccc2C)c1C(C)O. The molecule has 1 N–H and O–H groups in total. The van der Waals surface area contributed by atoms with E-state index in [0.717, 1.165) is 5.56 Å². The van der Waals surface area contributed by atoms with Gasteiger partial charge in [-0.25, -0.2) is 4.39 Å². The summed E-state index contributed by atoms with van der Waals surface area (Å²) in [6, 6.07) is 9.56. The van der Waals surface area contributed by atoms with Gasteiger partial charge in [0.2, 0.25) is 0 Å². The minimum absolute atomic E-state index is 0.368. The highest BCUT2D eigenvalue weighted by Gasteiger charge is 2.16. The fraction of sp³-hybridized carbons (Fsp3) is 0.250. The summed E-state index contributed by atoms with van der Waals surface area (Å²) in [6.45, 7) is 3.46. The summed E-state index contributed by atoms with van der Waals surface area (Å²) < 4.78 is 24.3. The van der Waals surface area contributed by atoms with Gasteiger partial charge in [-0.2, -0.15) is 0 Å². The fourth-order valence-electron chi connectivity index (χ4n) is 2.00. The maximum absolute atomic E-state index is 13.3. The molecule has 2 aromatic carbocycles. The van der Waals surface area contributed by atoms with Crippen LogP contribution in [0, 0.1) is 12.7 Å². The van der Waals surface area contributed by atoms with Crippen LogP contribution >= 0.6 is 0 Å². The Morgan fingerprint density at radius 2 is 1.80 bits per heavy atom. The zero-order valence-electron chi connectivity index (χ0n) is 11.7. The molecule has 4 heteroatoms. The zero-order valence-corrected chi connectivity index (χ0v) is 11.7. The summed E-state index contributed by atoms with van der Waals surface area (Å²) in [6.07, 6.45) is -0.755. The number of aliphatic hydroxyl groups excluding tert-OH is 1. The molecule has 1 unspecified atom stereocenters. The lowest BCUT2D eigenvalue weighted by Gasteiger charge is -2.17. The fourth-order valence-corrected chi connectivity index (χ4v) is 2.00. The van der Waals surface area contributed by atoms with Crippen LogP contribution in [0.25, 0.3) is 0 Å². The van der Waals surface area contributed by atoms with Crippen molar-refractivity contribution in [3.8, 4) is 17.2 Å². The first-order chi connectivity index (χ1) is 9.52. The highest BCUT2D eigenvalue weighted by atomic mass is 19.1. The lowest BCUT2D eigenvalue weighted by molar-refractivity contribution is 0.190. The Bertz CT molecular complexity index is 609. The van der Waals surface area contributed by atoms with E-state index in [2.05, 4.69) is 0 Å². The maximum atomic E-state index is 13.3. The molecule has 0 aliphatic heterocycles. The maximum Gasteiger partial charge on any atom is 0.136 e. The molecule has 3 nitrogen and oxygen atoms in total. The second kappa shape index (κ2) is 5.92. The monoisotopic (exact) mass is 276 g/mol.